The number of rotatable bonds is 15. The summed E-state index contributed by atoms with van der Waals surface area (Å²) in [6, 6.07) is 18.5. The average molecular weight is 580 g/mol. The Morgan fingerprint density at radius 1 is 1.00 bits per heavy atom. The molecule has 2 fully saturated rings. The van der Waals surface area contributed by atoms with Crippen molar-refractivity contribution in [3.8, 4) is 0 Å². The van der Waals surface area contributed by atoms with Crippen molar-refractivity contribution in [2.45, 2.75) is 89.5 Å². The molecule has 1 aliphatic heterocycles. The second-order valence-electron chi connectivity index (χ2n) is 12.4. The summed E-state index contributed by atoms with van der Waals surface area (Å²) < 4.78 is 11.6. The third-order valence-electron chi connectivity index (χ3n) is 8.98. The highest BCUT2D eigenvalue weighted by molar-refractivity contribution is 5.74. The smallest absolute Gasteiger partial charge is 0.317 e. The van der Waals surface area contributed by atoms with E-state index in [1.807, 2.05) is 11.0 Å². The van der Waals surface area contributed by atoms with Gasteiger partial charge in [0.2, 0.25) is 0 Å². The number of aryl methyl sites for hydroxylation is 1. The second kappa shape index (κ2) is 17.6. The highest BCUT2D eigenvalue weighted by atomic mass is 16.5. The SMILES string of the molecule is COCCCO[C@@H](c1ccccc1)[C@@H]1CCCN(C(=O)N[C@@H](CC2CCCCC2)[C@H](O)CNCc2ccc(C)cc2)C1. The number of carbonyl (C=O) groups excluding carboxylic acids is 1. The van der Waals surface area contributed by atoms with Gasteiger partial charge in [0.15, 0.2) is 0 Å². The van der Waals surface area contributed by atoms with Crippen molar-refractivity contribution < 1.29 is 19.4 Å². The molecule has 42 heavy (non-hydrogen) atoms. The fourth-order valence-corrected chi connectivity index (χ4v) is 6.56. The zero-order chi connectivity index (χ0) is 29.6. The van der Waals surface area contributed by atoms with E-state index in [1.165, 1.54) is 43.2 Å². The summed E-state index contributed by atoms with van der Waals surface area (Å²) in [5, 5.41) is 18.0. The maximum Gasteiger partial charge on any atom is 0.317 e. The zero-order valence-corrected chi connectivity index (χ0v) is 25.8. The molecule has 0 aromatic heterocycles. The number of aliphatic hydroxyl groups is 1. The standard InChI is InChI=1S/C35H53N3O4/c1-27-16-18-29(19-17-27)24-36-25-33(39)32(23-28-11-5-3-6-12-28)37-35(40)38-20-9-15-31(26-38)34(42-22-10-21-41-2)30-13-7-4-8-14-30/h4,7-8,13-14,16-19,28,31-34,36,39H,3,5-6,9-12,15,20-26H2,1-2H3,(H,37,40)/t31-,32+,33-,34+/m1/s1. The molecule has 1 saturated carbocycles. The lowest BCUT2D eigenvalue weighted by Crippen LogP contribution is -2.54. The molecule has 2 aromatic carbocycles. The lowest BCUT2D eigenvalue weighted by Gasteiger charge is -2.38. The fraction of sp³-hybridized carbons (Fsp3) is 0.629. The molecule has 2 aromatic rings. The summed E-state index contributed by atoms with van der Waals surface area (Å²) in [5.74, 6) is 0.764. The molecule has 0 radical (unpaired) electrons. The van der Waals surface area contributed by atoms with Gasteiger partial charge in [-0.15, -0.1) is 0 Å². The number of likely N-dealkylation sites (tertiary alicyclic amines) is 1. The Morgan fingerprint density at radius 2 is 1.76 bits per heavy atom. The average Bonchev–Trinajstić information content (AvgIpc) is 3.02. The molecule has 0 spiro atoms. The number of benzene rings is 2. The fourth-order valence-electron chi connectivity index (χ4n) is 6.56. The van der Waals surface area contributed by atoms with Crippen LogP contribution in [-0.4, -0.2) is 68.1 Å². The summed E-state index contributed by atoms with van der Waals surface area (Å²) in [6.07, 6.45) is 9.05. The quantitative estimate of drug-likeness (QED) is 0.226. The molecule has 2 amide bonds. The van der Waals surface area contributed by atoms with Crippen molar-refractivity contribution in [1.82, 2.24) is 15.5 Å². The minimum absolute atomic E-state index is 0.0618. The number of amides is 2. The van der Waals surface area contributed by atoms with Gasteiger partial charge in [0.1, 0.15) is 0 Å². The maximum absolute atomic E-state index is 13.7. The Bertz CT molecular complexity index is 1030. The number of ether oxygens (including phenoxy) is 2. The molecule has 0 bridgehead atoms. The molecule has 4 rings (SSSR count). The van der Waals surface area contributed by atoms with Crippen molar-refractivity contribution in [1.29, 1.82) is 0 Å². The number of carbonyl (C=O) groups is 1. The van der Waals surface area contributed by atoms with Crippen LogP contribution in [0.25, 0.3) is 0 Å². The van der Waals surface area contributed by atoms with Gasteiger partial charge in [-0.05, 0) is 49.7 Å². The first kappa shape index (κ1) is 32.5. The zero-order valence-electron chi connectivity index (χ0n) is 25.8. The molecule has 2 aliphatic rings. The van der Waals surface area contributed by atoms with E-state index in [4.69, 9.17) is 9.47 Å². The van der Waals surface area contributed by atoms with Gasteiger partial charge in [0.25, 0.3) is 0 Å². The number of hydrogen-bond donors (Lipinski definition) is 3. The summed E-state index contributed by atoms with van der Waals surface area (Å²) in [6.45, 7) is 5.90. The van der Waals surface area contributed by atoms with Crippen LogP contribution in [-0.2, 0) is 16.0 Å². The van der Waals surface area contributed by atoms with Crippen molar-refractivity contribution in [3.63, 3.8) is 0 Å². The van der Waals surface area contributed by atoms with E-state index in [0.717, 1.165) is 37.8 Å². The highest BCUT2D eigenvalue weighted by Gasteiger charge is 2.33. The van der Waals surface area contributed by atoms with E-state index in [9.17, 15) is 9.90 Å². The second-order valence-corrected chi connectivity index (χ2v) is 12.4. The Hall–Kier alpha value is -2.45. The number of urea groups is 1. The third kappa shape index (κ3) is 10.4. The van der Waals surface area contributed by atoms with E-state index < -0.39 is 6.10 Å². The summed E-state index contributed by atoms with van der Waals surface area (Å²) >= 11 is 0. The number of methoxy groups -OCH3 is 1. The Morgan fingerprint density at radius 3 is 2.50 bits per heavy atom. The van der Waals surface area contributed by atoms with Crippen LogP contribution in [0.3, 0.4) is 0 Å². The van der Waals surface area contributed by atoms with E-state index >= 15 is 0 Å². The Labute approximate surface area is 253 Å². The van der Waals surface area contributed by atoms with Crippen molar-refractivity contribution in [2.24, 2.45) is 11.8 Å². The summed E-state index contributed by atoms with van der Waals surface area (Å²) in [7, 11) is 1.71. The van der Waals surface area contributed by atoms with E-state index in [-0.39, 0.29) is 24.1 Å². The van der Waals surface area contributed by atoms with Gasteiger partial charge in [-0.25, -0.2) is 4.79 Å². The molecule has 0 unspecified atom stereocenters. The van der Waals surface area contributed by atoms with Crippen LogP contribution in [0.5, 0.6) is 0 Å². The monoisotopic (exact) mass is 579 g/mol. The van der Waals surface area contributed by atoms with Gasteiger partial charge < -0.3 is 30.1 Å². The van der Waals surface area contributed by atoms with Gasteiger partial charge in [-0.3, -0.25) is 0 Å². The predicted octanol–water partition coefficient (Wildman–Crippen LogP) is 6.00. The normalized spacial score (nSPS) is 20.2. The molecule has 1 aliphatic carbocycles. The van der Waals surface area contributed by atoms with E-state index in [2.05, 4.69) is 66.1 Å². The number of hydrogen-bond acceptors (Lipinski definition) is 5. The molecule has 4 atom stereocenters. The van der Waals surface area contributed by atoms with Gasteiger partial charge in [0, 0.05) is 52.4 Å². The minimum Gasteiger partial charge on any atom is -0.390 e. The van der Waals surface area contributed by atoms with Crippen LogP contribution in [0.15, 0.2) is 54.6 Å². The number of nitrogens with zero attached hydrogens (tertiary/aromatic N) is 1. The summed E-state index contributed by atoms with van der Waals surface area (Å²) in [5.41, 5.74) is 3.59. The summed E-state index contributed by atoms with van der Waals surface area (Å²) in [4.78, 5) is 15.7. The first-order chi connectivity index (χ1) is 20.5. The Kier molecular flexibility index (Phi) is 13.6. The van der Waals surface area contributed by atoms with Crippen LogP contribution in [0.1, 0.15) is 80.6 Å². The molecule has 7 nitrogen and oxygen atoms in total. The molecular weight excluding hydrogens is 526 g/mol. The Balaban J connectivity index is 1.37. The van der Waals surface area contributed by atoms with E-state index in [1.54, 1.807) is 7.11 Å². The molecule has 1 heterocycles. The molecule has 232 valence electrons. The first-order valence-corrected chi connectivity index (χ1v) is 16.2. The van der Waals surface area contributed by atoms with Gasteiger partial charge >= 0.3 is 6.03 Å². The lowest BCUT2D eigenvalue weighted by atomic mass is 9.83. The van der Waals surface area contributed by atoms with Gasteiger partial charge in [-0.2, -0.15) is 0 Å². The molecule has 1 saturated heterocycles. The van der Waals surface area contributed by atoms with Crippen LogP contribution < -0.4 is 10.6 Å². The predicted molar refractivity (Wildman–Crippen MR) is 168 cm³/mol. The minimum atomic E-state index is -0.650. The molecular formula is C35H53N3O4. The lowest BCUT2D eigenvalue weighted by molar-refractivity contribution is -0.0171. The van der Waals surface area contributed by atoms with Crippen molar-refractivity contribution >= 4 is 6.03 Å². The van der Waals surface area contributed by atoms with Crippen LogP contribution in [0, 0.1) is 18.8 Å². The largest absolute Gasteiger partial charge is 0.390 e. The molecule has 7 heteroatoms. The number of nitrogens with one attached hydrogen (secondary N) is 2. The van der Waals surface area contributed by atoms with Crippen molar-refractivity contribution in [3.05, 3.63) is 71.3 Å². The van der Waals surface area contributed by atoms with Crippen LogP contribution in [0.4, 0.5) is 4.79 Å². The third-order valence-corrected chi connectivity index (χ3v) is 8.98. The van der Waals surface area contributed by atoms with Crippen LogP contribution >= 0.6 is 0 Å². The highest BCUT2D eigenvalue weighted by Crippen LogP contribution is 2.33. The molecule has 3 N–H and O–H groups in total. The maximum atomic E-state index is 13.7. The topological polar surface area (TPSA) is 83.1 Å². The first-order valence-electron chi connectivity index (χ1n) is 16.2. The van der Waals surface area contributed by atoms with Gasteiger partial charge in [0.05, 0.1) is 18.2 Å². The van der Waals surface area contributed by atoms with Gasteiger partial charge in [-0.1, -0.05) is 92.3 Å². The van der Waals surface area contributed by atoms with E-state index in [0.29, 0.717) is 38.8 Å². The number of piperidine rings is 1. The number of aliphatic hydroxyl groups excluding tert-OH is 1. The van der Waals surface area contributed by atoms with Crippen molar-refractivity contribution in [2.75, 3.05) is 40.0 Å². The van der Waals surface area contributed by atoms with Crippen LogP contribution in [0.2, 0.25) is 0 Å².